The summed E-state index contributed by atoms with van der Waals surface area (Å²) >= 11 is 0. The Kier molecular flexibility index (Phi) is 0.780. The van der Waals surface area contributed by atoms with Gasteiger partial charge in [-0.1, -0.05) is 0 Å². The second-order valence-electron chi connectivity index (χ2n) is 0.791. The maximum atomic E-state index is 10.4. The van der Waals surface area contributed by atoms with E-state index in [-0.39, 0.29) is 0 Å². The molecule has 0 radical (unpaired) electrons. The van der Waals surface area contributed by atoms with E-state index in [0.29, 0.717) is 0 Å². The minimum atomic E-state index is -4.63. The normalized spacial score (nSPS) is 24.3. The first-order chi connectivity index (χ1) is 4.50. The maximum absolute atomic E-state index is 10.4. The molecule has 4 N–H and O–H groups in total. The van der Waals surface area contributed by atoms with E-state index >= 15 is 0 Å². The first-order valence-electron chi connectivity index (χ1n) is 3.31. The fraction of sp³-hybridized carbons (Fsp3) is 1.00. The Labute approximate surface area is 48.2 Å². The second-order valence-corrected chi connectivity index (χ2v) is 2.09. The zero-order valence-electron chi connectivity index (χ0n) is 7.38. The van der Waals surface area contributed by atoms with Crippen LogP contribution in [0.3, 0.4) is 0 Å². The quantitative estimate of drug-likeness (QED) is 0.461. The van der Waals surface area contributed by atoms with Crippen molar-refractivity contribution in [3.8, 4) is 0 Å². The highest BCUT2D eigenvalue weighted by Gasteiger charge is 1.96. The lowest BCUT2D eigenvalue weighted by Crippen LogP contribution is -2.22. The van der Waals surface area contributed by atoms with Crippen LogP contribution in [0.25, 0.3) is 0 Å². The fourth-order valence-corrected chi connectivity index (χ4v) is 0.246. The van der Waals surface area contributed by atoms with Gasteiger partial charge in [0.1, 0.15) is 0 Å². The molecule has 0 bridgehead atoms. The van der Waals surface area contributed by atoms with Crippen molar-refractivity contribution in [2.75, 3.05) is 12.2 Å². The molecule has 0 saturated carbocycles. The largest absolute Gasteiger partial charge is 0.329 e. The number of hydrogen-bond donors (Lipinski definition) is 2. The number of rotatable bonds is 2. The van der Waals surface area contributed by atoms with Crippen LogP contribution in [0.5, 0.6) is 0 Å². The molecule has 0 fully saturated rings. The number of hydrogen-bond acceptors (Lipinski definition) is 3. The van der Waals surface area contributed by atoms with Crippen LogP contribution in [0.1, 0.15) is 5.48 Å². The number of nitrogens with two attached hydrogens (primary N) is 2. The fourth-order valence-electron chi connectivity index (χ4n) is 0.0821. The molecule has 0 aliphatic carbocycles. The van der Waals surface area contributed by atoms with Gasteiger partial charge in [-0.25, -0.2) is 13.6 Å². The van der Waals surface area contributed by atoms with E-state index in [2.05, 4.69) is 10.9 Å². The Hall–Kier alpha value is -0.130. The Bertz CT molecular complexity index is 241. The summed E-state index contributed by atoms with van der Waals surface area (Å²) in [5, 5.41) is 4.38. The molecule has 0 amide bonds. The molecule has 0 aliphatic rings. The van der Waals surface area contributed by atoms with Crippen LogP contribution >= 0.6 is 0 Å². The summed E-state index contributed by atoms with van der Waals surface area (Å²) in [6, 6.07) is 0. The summed E-state index contributed by atoms with van der Waals surface area (Å²) in [6.45, 7) is -3.00. The molecule has 0 aromatic rings. The number of sulfonamides is 1. The molecule has 0 aliphatic heterocycles. The van der Waals surface area contributed by atoms with Crippen LogP contribution in [-0.4, -0.2) is 20.6 Å². The lowest BCUT2D eigenvalue weighted by atomic mass is 10.8. The van der Waals surface area contributed by atoms with Gasteiger partial charge in [0.2, 0.25) is 10.0 Å². The molecule has 0 atom stereocenters. The molecular weight excluding hydrogens is 116 g/mol. The SMILES string of the molecule is [2H]C([2H])(N)C([2H])([2H])S(N)(=O)=O. The summed E-state index contributed by atoms with van der Waals surface area (Å²) in [6.07, 6.45) is 0. The van der Waals surface area contributed by atoms with Crippen molar-refractivity contribution in [2.24, 2.45) is 10.9 Å². The highest BCUT2D eigenvalue weighted by atomic mass is 32.2. The van der Waals surface area contributed by atoms with E-state index in [1.165, 1.54) is 0 Å². The summed E-state index contributed by atoms with van der Waals surface area (Å²) < 4.78 is 47.3. The Morgan fingerprint density at radius 1 is 1.71 bits per heavy atom. The minimum Gasteiger partial charge on any atom is -0.329 e. The van der Waals surface area contributed by atoms with E-state index < -0.39 is 22.2 Å². The zero-order valence-corrected chi connectivity index (χ0v) is 4.20. The Balaban J connectivity index is 5.08. The van der Waals surface area contributed by atoms with Crippen LogP contribution in [0, 0.1) is 0 Å². The van der Waals surface area contributed by atoms with Gasteiger partial charge in [0.15, 0.2) is 0 Å². The molecule has 0 saturated heterocycles. The minimum absolute atomic E-state index is 3.00. The molecule has 7 heavy (non-hydrogen) atoms. The topological polar surface area (TPSA) is 86.2 Å². The summed E-state index contributed by atoms with van der Waals surface area (Å²) in [7, 11) is -4.63. The highest BCUT2D eigenvalue weighted by Crippen LogP contribution is 1.68. The van der Waals surface area contributed by atoms with Crippen molar-refractivity contribution in [3.63, 3.8) is 0 Å². The predicted molar refractivity (Wildman–Crippen MR) is 27.0 cm³/mol. The van der Waals surface area contributed by atoms with E-state index in [0.717, 1.165) is 0 Å². The molecule has 0 aromatic carbocycles. The first-order valence-corrected chi connectivity index (χ1v) is 2.86. The van der Waals surface area contributed by atoms with Crippen molar-refractivity contribution in [1.29, 1.82) is 0 Å². The van der Waals surface area contributed by atoms with E-state index in [1.807, 2.05) is 0 Å². The third-order valence-corrected chi connectivity index (χ3v) is 0.604. The number of primary sulfonamides is 1. The molecule has 5 heteroatoms. The van der Waals surface area contributed by atoms with Gasteiger partial charge >= 0.3 is 0 Å². The van der Waals surface area contributed by atoms with E-state index in [4.69, 9.17) is 5.48 Å². The van der Waals surface area contributed by atoms with Crippen molar-refractivity contribution in [2.45, 2.75) is 0 Å². The summed E-state index contributed by atoms with van der Waals surface area (Å²) in [5.74, 6) is 0. The summed E-state index contributed by atoms with van der Waals surface area (Å²) in [5.41, 5.74) is 1.33. The zero-order chi connectivity index (χ0) is 9.50. The molecule has 0 unspecified atom stereocenters. The van der Waals surface area contributed by atoms with Crippen LogP contribution in [0.15, 0.2) is 0 Å². The van der Waals surface area contributed by atoms with Crippen LogP contribution in [0.2, 0.25) is 0 Å². The second kappa shape index (κ2) is 2.25. The van der Waals surface area contributed by atoms with Gasteiger partial charge in [0.05, 0.1) is 5.70 Å². The average Bonchev–Trinajstić information content (AvgIpc) is 1.58. The van der Waals surface area contributed by atoms with E-state index in [1.54, 1.807) is 0 Å². The molecular formula is C2H8N2O2S. The smallest absolute Gasteiger partial charge is 0.210 e. The molecule has 0 aromatic heterocycles. The van der Waals surface area contributed by atoms with Crippen LogP contribution in [-0.2, 0) is 10.0 Å². The Morgan fingerprint density at radius 3 is 2.14 bits per heavy atom. The molecule has 4 nitrogen and oxygen atoms in total. The van der Waals surface area contributed by atoms with Gasteiger partial charge < -0.3 is 5.73 Å². The average molecular weight is 128 g/mol. The summed E-state index contributed by atoms with van der Waals surface area (Å²) in [4.78, 5) is 0. The van der Waals surface area contributed by atoms with E-state index in [9.17, 15) is 8.42 Å². The molecule has 44 valence electrons. The lowest BCUT2D eigenvalue weighted by Gasteiger charge is -1.87. The molecule has 0 heterocycles. The van der Waals surface area contributed by atoms with Gasteiger partial charge in [0.25, 0.3) is 0 Å². The first kappa shape index (κ1) is 2.43. The predicted octanol–water partition coefficient (Wildman–Crippen LogP) is -1.77. The van der Waals surface area contributed by atoms with Crippen LogP contribution in [0.4, 0.5) is 0 Å². The Morgan fingerprint density at radius 2 is 2.14 bits per heavy atom. The standard InChI is InChI=1S/C2H8N2O2S/c3-1-2-7(4,5)6/h1-3H2,(H2,4,5,6)/i1D2,2D2. The van der Waals surface area contributed by atoms with Gasteiger partial charge in [-0.05, 0) is 0 Å². The molecule has 0 spiro atoms. The lowest BCUT2D eigenvalue weighted by molar-refractivity contribution is 0.597. The highest BCUT2D eigenvalue weighted by molar-refractivity contribution is 7.89. The van der Waals surface area contributed by atoms with Crippen molar-refractivity contribution < 1.29 is 13.9 Å². The van der Waals surface area contributed by atoms with Gasteiger partial charge in [-0.2, -0.15) is 0 Å². The molecule has 0 rings (SSSR count). The van der Waals surface area contributed by atoms with Gasteiger partial charge in [0, 0.05) is 12.0 Å². The van der Waals surface area contributed by atoms with Gasteiger partial charge in [-0.15, -0.1) is 0 Å². The van der Waals surface area contributed by atoms with Gasteiger partial charge in [-0.3, -0.25) is 0 Å². The third kappa shape index (κ3) is 5.87. The van der Waals surface area contributed by atoms with Crippen LogP contribution < -0.4 is 10.9 Å². The van der Waals surface area contributed by atoms with Crippen molar-refractivity contribution in [3.05, 3.63) is 0 Å². The maximum Gasteiger partial charge on any atom is 0.210 e. The monoisotopic (exact) mass is 128 g/mol. The third-order valence-electron chi connectivity index (χ3n) is 0.201. The van der Waals surface area contributed by atoms with Crippen molar-refractivity contribution in [1.82, 2.24) is 0 Å². The van der Waals surface area contributed by atoms with Crippen molar-refractivity contribution >= 4 is 10.0 Å².